The summed E-state index contributed by atoms with van der Waals surface area (Å²) in [7, 11) is 0. The molecule has 3 heterocycles. The Hall–Kier alpha value is -6.92. The Balaban J connectivity index is 1.04. The van der Waals surface area contributed by atoms with Gasteiger partial charge in [-0.1, -0.05) is 108 Å². The van der Waals surface area contributed by atoms with Gasteiger partial charge in [0.05, 0.1) is 51.4 Å². The highest BCUT2D eigenvalue weighted by atomic mass is 15.4. The van der Waals surface area contributed by atoms with Crippen LogP contribution in [0.1, 0.15) is 0 Å². The van der Waals surface area contributed by atoms with E-state index in [1.807, 2.05) is 10.9 Å². The van der Waals surface area contributed by atoms with Crippen LogP contribution in [0.25, 0.3) is 44.4 Å². The zero-order valence-electron chi connectivity index (χ0n) is 27.0. The van der Waals surface area contributed by atoms with Crippen molar-refractivity contribution in [1.29, 1.82) is 0 Å². The third kappa shape index (κ3) is 4.36. The summed E-state index contributed by atoms with van der Waals surface area (Å²) >= 11 is 0. The fourth-order valence-electron chi connectivity index (χ4n) is 7.40. The Bertz CT molecular complexity index is 2570. The number of nitrogens with zero attached hydrogens (tertiary/aromatic N) is 6. The second kappa shape index (κ2) is 11.4. The lowest BCUT2D eigenvalue weighted by Gasteiger charge is -2.40. The van der Waals surface area contributed by atoms with Gasteiger partial charge in [0.15, 0.2) is 0 Å². The smallest absolute Gasteiger partial charge is 0.113 e. The van der Waals surface area contributed by atoms with Gasteiger partial charge in [0, 0.05) is 27.7 Å². The van der Waals surface area contributed by atoms with Crippen LogP contribution in [0.5, 0.6) is 0 Å². The minimum Gasteiger partial charge on any atom is -0.309 e. The molecule has 10 rings (SSSR count). The van der Waals surface area contributed by atoms with Crippen molar-refractivity contribution in [1.82, 2.24) is 19.6 Å². The number of fused-ring (bicyclic) bond motifs is 5. The van der Waals surface area contributed by atoms with E-state index in [4.69, 9.17) is 0 Å². The van der Waals surface area contributed by atoms with E-state index >= 15 is 0 Å². The summed E-state index contributed by atoms with van der Waals surface area (Å²) in [4.78, 5) is 4.67. The normalized spacial score (nSPS) is 12.3. The van der Waals surface area contributed by atoms with E-state index < -0.39 is 0 Å². The standard InChI is InChI=1S/C44H30N6/c1-2-14-32(15-3-1)49-41-22-10-12-24-43(41)50(44-25-13-11-23-42(44)49)40-21-9-8-20-39(40)47-30-36(45-46-47)31-26-28-33(29-27-31)48-37-18-6-4-16-34(37)35-17-5-7-19-38(35)48/h1-30H. The maximum absolute atomic E-state index is 4.67. The molecule has 0 bridgehead atoms. The van der Waals surface area contributed by atoms with Crippen molar-refractivity contribution in [3.8, 4) is 22.6 Å². The Labute approximate surface area is 289 Å². The largest absolute Gasteiger partial charge is 0.309 e. The number of hydrogen-bond donors (Lipinski definition) is 0. The first-order chi connectivity index (χ1) is 24.8. The molecule has 0 N–H and O–H groups in total. The van der Waals surface area contributed by atoms with Crippen LogP contribution in [0.3, 0.4) is 0 Å². The summed E-state index contributed by atoms with van der Waals surface area (Å²) in [5.41, 5.74) is 12.8. The molecule has 0 fully saturated rings. The SMILES string of the molecule is c1ccc(N2c3ccccc3N(c3ccccc3-n3cc(-c4ccc(-n5c6ccccc6c6ccccc65)cc4)nn3)c3ccccc32)cc1. The van der Waals surface area contributed by atoms with E-state index in [2.05, 4.69) is 201 Å². The average molecular weight is 643 g/mol. The summed E-state index contributed by atoms with van der Waals surface area (Å²) in [6, 6.07) is 61.8. The Kier molecular flexibility index (Phi) is 6.39. The highest BCUT2D eigenvalue weighted by molar-refractivity contribution is 6.09. The van der Waals surface area contributed by atoms with E-state index in [9.17, 15) is 0 Å². The van der Waals surface area contributed by atoms with E-state index in [1.165, 1.54) is 21.8 Å². The Morgan fingerprint density at radius 2 is 0.820 bits per heavy atom. The highest BCUT2D eigenvalue weighted by Crippen LogP contribution is 2.54. The molecule has 0 atom stereocenters. The molecular formula is C44H30N6. The van der Waals surface area contributed by atoms with Gasteiger partial charge in [-0.05, 0) is 72.8 Å². The second-order valence-electron chi connectivity index (χ2n) is 12.4. The van der Waals surface area contributed by atoms with Crippen LogP contribution in [-0.4, -0.2) is 19.6 Å². The summed E-state index contributed by atoms with van der Waals surface area (Å²) in [6.07, 6.45) is 2.02. The zero-order valence-corrected chi connectivity index (χ0v) is 27.0. The molecular weight excluding hydrogens is 613 g/mol. The van der Waals surface area contributed by atoms with E-state index in [0.29, 0.717) is 0 Å². The molecule has 0 saturated carbocycles. The topological polar surface area (TPSA) is 42.1 Å². The quantitative estimate of drug-likeness (QED) is 0.187. The summed E-state index contributed by atoms with van der Waals surface area (Å²) < 4.78 is 4.22. The van der Waals surface area contributed by atoms with Crippen molar-refractivity contribution < 1.29 is 0 Å². The van der Waals surface area contributed by atoms with E-state index in [1.54, 1.807) is 0 Å². The van der Waals surface area contributed by atoms with Crippen LogP contribution < -0.4 is 9.80 Å². The highest BCUT2D eigenvalue weighted by Gasteiger charge is 2.31. The maximum Gasteiger partial charge on any atom is 0.113 e. The summed E-state index contributed by atoms with van der Waals surface area (Å²) in [5.74, 6) is 0. The van der Waals surface area contributed by atoms with Crippen LogP contribution >= 0.6 is 0 Å². The van der Waals surface area contributed by atoms with E-state index in [0.717, 1.165) is 56.8 Å². The number of aromatic nitrogens is 4. The zero-order chi connectivity index (χ0) is 33.0. The fraction of sp³-hybridized carbons (Fsp3) is 0. The maximum atomic E-state index is 4.67. The van der Waals surface area contributed by atoms with Crippen LogP contribution in [0.2, 0.25) is 0 Å². The summed E-state index contributed by atoms with van der Waals surface area (Å²) in [6.45, 7) is 0. The molecule has 50 heavy (non-hydrogen) atoms. The van der Waals surface area contributed by atoms with Crippen LogP contribution in [0, 0.1) is 0 Å². The summed E-state index contributed by atoms with van der Waals surface area (Å²) in [5, 5.41) is 11.8. The number of anilines is 6. The van der Waals surface area contributed by atoms with Crippen molar-refractivity contribution in [2.75, 3.05) is 9.80 Å². The van der Waals surface area contributed by atoms with Crippen LogP contribution in [-0.2, 0) is 0 Å². The minimum absolute atomic E-state index is 0.809. The molecule has 0 saturated heterocycles. The van der Waals surface area contributed by atoms with Crippen molar-refractivity contribution in [3.63, 3.8) is 0 Å². The lowest BCUT2D eigenvalue weighted by atomic mass is 10.0. The van der Waals surface area contributed by atoms with Crippen molar-refractivity contribution in [3.05, 3.63) is 182 Å². The number of hydrogen-bond acceptors (Lipinski definition) is 4. The third-order valence-electron chi connectivity index (χ3n) is 9.61. The molecule has 2 aromatic heterocycles. The van der Waals surface area contributed by atoms with Crippen molar-refractivity contribution in [2.24, 2.45) is 0 Å². The molecule has 9 aromatic rings. The van der Waals surface area contributed by atoms with Gasteiger partial charge in [-0.3, -0.25) is 0 Å². The molecule has 0 radical (unpaired) electrons. The molecule has 1 aliphatic heterocycles. The minimum atomic E-state index is 0.809. The lowest BCUT2D eigenvalue weighted by Crippen LogP contribution is -2.24. The Morgan fingerprint density at radius 3 is 1.40 bits per heavy atom. The van der Waals surface area contributed by atoms with Crippen LogP contribution in [0.15, 0.2) is 182 Å². The molecule has 0 aliphatic carbocycles. The first-order valence-corrected chi connectivity index (χ1v) is 16.8. The second-order valence-corrected chi connectivity index (χ2v) is 12.4. The third-order valence-corrected chi connectivity index (χ3v) is 9.61. The monoisotopic (exact) mass is 642 g/mol. The molecule has 236 valence electrons. The molecule has 0 amide bonds. The predicted octanol–water partition coefficient (Wildman–Crippen LogP) is 11.3. The van der Waals surface area contributed by atoms with E-state index in [-0.39, 0.29) is 0 Å². The van der Waals surface area contributed by atoms with Crippen molar-refractivity contribution in [2.45, 2.75) is 0 Å². The van der Waals surface area contributed by atoms with Gasteiger partial charge < -0.3 is 14.4 Å². The van der Waals surface area contributed by atoms with Gasteiger partial charge in [0.1, 0.15) is 5.69 Å². The van der Waals surface area contributed by atoms with Crippen molar-refractivity contribution >= 4 is 55.9 Å². The first-order valence-electron chi connectivity index (χ1n) is 16.8. The molecule has 6 heteroatoms. The Morgan fingerprint density at radius 1 is 0.360 bits per heavy atom. The predicted molar refractivity (Wildman–Crippen MR) is 204 cm³/mol. The van der Waals surface area contributed by atoms with Gasteiger partial charge in [-0.2, -0.15) is 0 Å². The van der Waals surface area contributed by atoms with Gasteiger partial charge in [-0.15, -0.1) is 5.10 Å². The average Bonchev–Trinajstić information content (AvgIpc) is 3.81. The van der Waals surface area contributed by atoms with Crippen LogP contribution in [0.4, 0.5) is 34.1 Å². The number of benzene rings is 7. The van der Waals surface area contributed by atoms with Gasteiger partial charge in [0.2, 0.25) is 0 Å². The molecule has 6 nitrogen and oxygen atoms in total. The van der Waals surface area contributed by atoms with Gasteiger partial charge >= 0.3 is 0 Å². The molecule has 1 aliphatic rings. The number of para-hydroxylation sites is 9. The molecule has 0 spiro atoms. The first kappa shape index (κ1) is 28.1. The molecule has 7 aromatic carbocycles. The lowest BCUT2D eigenvalue weighted by molar-refractivity contribution is 0.803. The fourth-order valence-corrected chi connectivity index (χ4v) is 7.40. The molecule has 0 unspecified atom stereocenters. The van der Waals surface area contributed by atoms with Gasteiger partial charge in [-0.25, -0.2) is 4.68 Å². The van der Waals surface area contributed by atoms with Gasteiger partial charge in [0.25, 0.3) is 0 Å². The number of rotatable bonds is 5.